The summed E-state index contributed by atoms with van der Waals surface area (Å²) < 4.78 is 42.2. The first-order valence-electron chi connectivity index (χ1n) is 8.00. The molecule has 0 atom stereocenters. The molecule has 2 aromatic heterocycles. The Bertz CT molecular complexity index is 1010. The number of aromatic nitrogens is 4. The van der Waals surface area contributed by atoms with Crippen LogP contribution in [0.3, 0.4) is 0 Å². The quantitative estimate of drug-likeness (QED) is 0.534. The number of anilines is 1. The number of benzene rings is 1. The third kappa shape index (κ3) is 4.82. The number of hydrogen-bond acceptors (Lipinski definition) is 3. The summed E-state index contributed by atoms with van der Waals surface area (Å²) in [6, 6.07) is 7.14. The summed E-state index contributed by atoms with van der Waals surface area (Å²) in [7, 11) is 0. The van der Waals surface area contributed by atoms with Gasteiger partial charge in [0.25, 0.3) is 0 Å². The fraction of sp³-hybridized carbons (Fsp3) is 0.235. The molecule has 0 spiro atoms. The van der Waals surface area contributed by atoms with E-state index in [1.54, 1.807) is 29.1 Å². The highest BCUT2D eigenvalue weighted by atomic mass is 79.9. The van der Waals surface area contributed by atoms with Crippen molar-refractivity contribution in [3.05, 3.63) is 62.6 Å². The Kier molecular flexibility index (Phi) is 5.94. The van der Waals surface area contributed by atoms with Gasteiger partial charge in [0, 0.05) is 11.9 Å². The molecule has 3 aromatic rings. The van der Waals surface area contributed by atoms with Gasteiger partial charge in [-0.1, -0.05) is 12.1 Å². The summed E-state index contributed by atoms with van der Waals surface area (Å²) in [4.78, 5) is 12.3. The summed E-state index contributed by atoms with van der Waals surface area (Å²) in [6.45, 7) is 1.63. The number of carbonyl (C=O) groups is 1. The molecule has 0 saturated carbocycles. The van der Waals surface area contributed by atoms with Gasteiger partial charge in [0.2, 0.25) is 5.91 Å². The minimum absolute atomic E-state index is 0.166. The van der Waals surface area contributed by atoms with Crippen molar-refractivity contribution in [3.63, 3.8) is 0 Å². The van der Waals surface area contributed by atoms with Crippen molar-refractivity contribution < 1.29 is 18.0 Å². The highest BCUT2D eigenvalue weighted by molar-refractivity contribution is 9.10. The molecule has 148 valence electrons. The Hall–Kier alpha value is -2.14. The first-order valence-corrected chi connectivity index (χ1v) is 9.59. The second-order valence-electron chi connectivity index (χ2n) is 6.01. The third-order valence-corrected chi connectivity index (χ3v) is 5.21. The SMILES string of the molecule is Cc1c(Br)c(C(F)(F)F)nn1CC(=O)Nc1cccc(Cn2cc(Br)cn2)c1. The van der Waals surface area contributed by atoms with Crippen LogP contribution in [0.1, 0.15) is 17.0 Å². The van der Waals surface area contributed by atoms with Gasteiger partial charge in [-0.2, -0.15) is 23.4 Å². The van der Waals surface area contributed by atoms with E-state index >= 15 is 0 Å². The maximum absolute atomic E-state index is 12.9. The highest BCUT2D eigenvalue weighted by Crippen LogP contribution is 2.35. The molecule has 0 fully saturated rings. The molecule has 0 aliphatic carbocycles. The predicted octanol–water partition coefficient (Wildman–Crippen LogP) is 4.62. The normalized spacial score (nSPS) is 11.6. The molecule has 2 heterocycles. The van der Waals surface area contributed by atoms with Crippen molar-refractivity contribution in [1.29, 1.82) is 0 Å². The van der Waals surface area contributed by atoms with E-state index in [4.69, 9.17) is 0 Å². The van der Waals surface area contributed by atoms with Crippen molar-refractivity contribution in [2.24, 2.45) is 0 Å². The zero-order chi connectivity index (χ0) is 20.5. The molecule has 3 rings (SSSR count). The van der Waals surface area contributed by atoms with E-state index in [0.717, 1.165) is 14.7 Å². The monoisotopic (exact) mass is 519 g/mol. The number of carbonyl (C=O) groups excluding carboxylic acids is 1. The Morgan fingerprint density at radius 1 is 1.29 bits per heavy atom. The lowest BCUT2D eigenvalue weighted by atomic mass is 10.2. The van der Waals surface area contributed by atoms with E-state index in [-0.39, 0.29) is 16.7 Å². The van der Waals surface area contributed by atoms with Gasteiger partial charge in [-0.3, -0.25) is 14.2 Å². The second-order valence-corrected chi connectivity index (χ2v) is 7.72. The van der Waals surface area contributed by atoms with E-state index in [1.807, 2.05) is 12.3 Å². The molecule has 0 aliphatic heterocycles. The summed E-state index contributed by atoms with van der Waals surface area (Å²) in [6.07, 6.45) is -1.10. The molecule has 0 unspecified atom stereocenters. The molecule has 28 heavy (non-hydrogen) atoms. The summed E-state index contributed by atoms with van der Waals surface area (Å²) >= 11 is 6.22. The first-order chi connectivity index (χ1) is 13.1. The van der Waals surface area contributed by atoms with Gasteiger partial charge in [-0.25, -0.2) is 0 Å². The first kappa shape index (κ1) is 20.6. The lowest BCUT2D eigenvalue weighted by molar-refractivity contribution is -0.142. The molecular formula is C17H14Br2F3N5O. The van der Waals surface area contributed by atoms with E-state index in [0.29, 0.717) is 12.2 Å². The Morgan fingerprint density at radius 2 is 2.04 bits per heavy atom. The van der Waals surface area contributed by atoms with Crippen molar-refractivity contribution in [3.8, 4) is 0 Å². The lowest BCUT2D eigenvalue weighted by Crippen LogP contribution is -2.21. The largest absolute Gasteiger partial charge is 0.436 e. The van der Waals surface area contributed by atoms with Crippen LogP contribution in [0, 0.1) is 6.92 Å². The Labute approximate surface area is 175 Å². The number of rotatable bonds is 5. The molecular weight excluding hydrogens is 507 g/mol. The molecule has 11 heteroatoms. The van der Waals surface area contributed by atoms with E-state index in [2.05, 4.69) is 47.4 Å². The topological polar surface area (TPSA) is 64.7 Å². The van der Waals surface area contributed by atoms with E-state index in [9.17, 15) is 18.0 Å². The maximum atomic E-state index is 12.9. The van der Waals surface area contributed by atoms with Gasteiger partial charge >= 0.3 is 6.18 Å². The Morgan fingerprint density at radius 3 is 2.64 bits per heavy atom. The smallest absolute Gasteiger partial charge is 0.324 e. The van der Waals surface area contributed by atoms with Gasteiger partial charge in [-0.05, 0) is 56.5 Å². The molecule has 0 radical (unpaired) electrons. The second kappa shape index (κ2) is 8.08. The van der Waals surface area contributed by atoms with E-state index in [1.165, 1.54) is 6.92 Å². The van der Waals surface area contributed by atoms with Gasteiger partial charge in [-0.15, -0.1) is 0 Å². The van der Waals surface area contributed by atoms with Gasteiger partial charge in [0.15, 0.2) is 5.69 Å². The number of amides is 1. The molecule has 1 N–H and O–H groups in total. The molecule has 1 aromatic carbocycles. The molecule has 6 nitrogen and oxygen atoms in total. The van der Waals surface area contributed by atoms with Gasteiger partial charge in [0.05, 0.1) is 27.4 Å². The van der Waals surface area contributed by atoms with Crippen LogP contribution >= 0.6 is 31.9 Å². The lowest BCUT2D eigenvalue weighted by Gasteiger charge is -2.09. The highest BCUT2D eigenvalue weighted by Gasteiger charge is 2.38. The van der Waals surface area contributed by atoms with Crippen LogP contribution in [0.5, 0.6) is 0 Å². The Balaban J connectivity index is 1.69. The number of nitrogens with one attached hydrogen (secondary N) is 1. The zero-order valence-electron chi connectivity index (χ0n) is 14.5. The van der Waals surface area contributed by atoms with Crippen LogP contribution in [0.2, 0.25) is 0 Å². The third-order valence-electron chi connectivity index (χ3n) is 3.85. The number of halogens is 5. The fourth-order valence-corrected chi connectivity index (χ4v) is 3.39. The molecule has 1 amide bonds. The minimum Gasteiger partial charge on any atom is -0.324 e. The summed E-state index contributed by atoms with van der Waals surface area (Å²) in [5, 5.41) is 10.4. The van der Waals surface area contributed by atoms with Crippen molar-refractivity contribution in [2.45, 2.75) is 26.2 Å². The van der Waals surface area contributed by atoms with E-state index < -0.39 is 17.8 Å². The van der Waals surface area contributed by atoms with Crippen LogP contribution in [-0.4, -0.2) is 25.5 Å². The molecule has 0 bridgehead atoms. The van der Waals surface area contributed by atoms with Crippen molar-refractivity contribution >= 4 is 43.5 Å². The van der Waals surface area contributed by atoms with Gasteiger partial charge < -0.3 is 5.32 Å². The maximum Gasteiger partial charge on any atom is 0.436 e. The van der Waals surface area contributed by atoms with Crippen LogP contribution in [0.15, 0.2) is 45.6 Å². The minimum atomic E-state index is -4.60. The predicted molar refractivity (Wildman–Crippen MR) is 104 cm³/mol. The standard InChI is InChI=1S/C17H14Br2F3N5O/c1-10-15(19)16(17(20,21)22)25-27(10)9-14(28)24-13-4-2-3-11(5-13)7-26-8-12(18)6-23-26/h2-6,8H,7,9H2,1H3,(H,24,28). The van der Waals surface area contributed by atoms with Crippen LogP contribution in [-0.2, 0) is 24.1 Å². The molecule has 0 aliphatic rings. The van der Waals surface area contributed by atoms with Crippen molar-refractivity contribution in [1.82, 2.24) is 19.6 Å². The number of alkyl halides is 3. The fourth-order valence-electron chi connectivity index (χ4n) is 2.56. The van der Waals surface area contributed by atoms with Gasteiger partial charge in [0.1, 0.15) is 6.54 Å². The van der Waals surface area contributed by atoms with Crippen LogP contribution in [0.25, 0.3) is 0 Å². The average molecular weight is 521 g/mol. The van der Waals surface area contributed by atoms with Crippen LogP contribution < -0.4 is 5.32 Å². The molecule has 0 saturated heterocycles. The van der Waals surface area contributed by atoms with Crippen molar-refractivity contribution in [2.75, 3.05) is 5.32 Å². The zero-order valence-corrected chi connectivity index (χ0v) is 17.6. The number of hydrogen-bond donors (Lipinski definition) is 1. The summed E-state index contributed by atoms with van der Waals surface area (Å²) in [5.41, 5.74) is 0.616. The number of nitrogens with zero attached hydrogens (tertiary/aromatic N) is 4. The summed E-state index contributed by atoms with van der Waals surface area (Å²) in [5.74, 6) is -0.481. The average Bonchev–Trinajstić information content (AvgIpc) is 3.12. The van der Waals surface area contributed by atoms with Crippen LogP contribution in [0.4, 0.5) is 18.9 Å².